The molecule has 2 atom stereocenters. The van der Waals surface area contributed by atoms with E-state index >= 15 is 0 Å². The quantitative estimate of drug-likeness (QED) is 0.505. The molecule has 1 aliphatic rings. The number of rotatable bonds is 1. The van der Waals surface area contributed by atoms with E-state index in [4.69, 9.17) is 0 Å². The molecule has 0 spiro atoms. The van der Waals surface area contributed by atoms with Crippen LogP contribution in [0.5, 0.6) is 0 Å². The van der Waals surface area contributed by atoms with Crippen molar-refractivity contribution in [3.63, 3.8) is 0 Å². The standard InChI is InChI=1S/C5H11NS/c1-4-3-5(4)6(2)7/h4-5,7H,3H2,1-2H3. The molecule has 0 N–H and O–H groups in total. The Morgan fingerprint density at radius 2 is 2.14 bits per heavy atom. The highest BCUT2D eigenvalue weighted by Crippen LogP contribution is 2.34. The molecule has 1 saturated carbocycles. The molecule has 0 aliphatic heterocycles. The van der Waals surface area contributed by atoms with Crippen molar-refractivity contribution in [1.82, 2.24) is 4.31 Å². The van der Waals surface area contributed by atoms with Crippen LogP contribution in [0.4, 0.5) is 0 Å². The lowest BCUT2D eigenvalue weighted by molar-refractivity contribution is 0.538. The summed E-state index contributed by atoms with van der Waals surface area (Å²) in [6, 6.07) is 0.767. The Balaban J connectivity index is 2.20. The Kier molecular flexibility index (Phi) is 1.30. The van der Waals surface area contributed by atoms with Crippen molar-refractivity contribution in [1.29, 1.82) is 0 Å². The summed E-state index contributed by atoms with van der Waals surface area (Å²) >= 11 is 4.15. The fourth-order valence-electron chi connectivity index (χ4n) is 0.823. The zero-order valence-electron chi connectivity index (χ0n) is 4.76. The molecule has 0 heterocycles. The van der Waals surface area contributed by atoms with Gasteiger partial charge in [0.25, 0.3) is 0 Å². The summed E-state index contributed by atoms with van der Waals surface area (Å²) in [7, 11) is 2.01. The predicted molar refractivity (Wildman–Crippen MR) is 34.3 cm³/mol. The van der Waals surface area contributed by atoms with Crippen LogP contribution in [0.3, 0.4) is 0 Å². The molecule has 0 bridgehead atoms. The van der Waals surface area contributed by atoms with E-state index in [2.05, 4.69) is 19.7 Å². The van der Waals surface area contributed by atoms with E-state index in [1.165, 1.54) is 6.42 Å². The Hall–Kier alpha value is 0.310. The first-order valence-electron chi connectivity index (χ1n) is 2.63. The van der Waals surface area contributed by atoms with Gasteiger partial charge in [0.1, 0.15) is 0 Å². The summed E-state index contributed by atoms with van der Waals surface area (Å²) in [5.41, 5.74) is 0. The van der Waals surface area contributed by atoms with Crippen LogP contribution in [0, 0.1) is 5.92 Å². The maximum atomic E-state index is 4.15. The average molecular weight is 117 g/mol. The average Bonchev–Trinajstić information content (AvgIpc) is 2.17. The Morgan fingerprint density at radius 1 is 1.71 bits per heavy atom. The van der Waals surface area contributed by atoms with E-state index in [0.29, 0.717) is 0 Å². The molecule has 42 valence electrons. The molecule has 2 unspecified atom stereocenters. The third-order valence-corrected chi connectivity index (χ3v) is 1.84. The van der Waals surface area contributed by atoms with Crippen LogP contribution in [0.2, 0.25) is 0 Å². The minimum atomic E-state index is 0.767. The van der Waals surface area contributed by atoms with E-state index in [1.54, 1.807) is 0 Å². The van der Waals surface area contributed by atoms with Gasteiger partial charge >= 0.3 is 0 Å². The van der Waals surface area contributed by atoms with Crippen LogP contribution in [0.15, 0.2) is 0 Å². The SMILES string of the molecule is CC1CC1N(C)S. The van der Waals surface area contributed by atoms with E-state index < -0.39 is 0 Å². The molecule has 1 rings (SSSR count). The van der Waals surface area contributed by atoms with Gasteiger partial charge < -0.3 is 0 Å². The van der Waals surface area contributed by atoms with Gasteiger partial charge in [-0.3, -0.25) is 4.31 Å². The van der Waals surface area contributed by atoms with E-state index in [1.807, 2.05) is 11.4 Å². The highest BCUT2D eigenvalue weighted by molar-refractivity contribution is 7.77. The molecule has 2 heteroatoms. The minimum absolute atomic E-state index is 0.767. The molecule has 0 amide bonds. The van der Waals surface area contributed by atoms with Gasteiger partial charge in [0, 0.05) is 6.04 Å². The lowest BCUT2D eigenvalue weighted by Gasteiger charge is -2.03. The highest BCUT2D eigenvalue weighted by atomic mass is 32.1. The fraction of sp³-hybridized carbons (Fsp3) is 1.00. The Bertz CT molecular complexity index is 72.5. The largest absolute Gasteiger partial charge is 0.253 e. The first-order valence-corrected chi connectivity index (χ1v) is 3.03. The third-order valence-electron chi connectivity index (χ3n) is 1.55. The van der Waals surface area contributed by atoms with Crippen LogP contribution in [0.25, 0.3) is 0 Å². The van der Waals surface area contributed by atoms with Gasteiger partial charge in [-0.2, -0.15) is 0 Å². The van der Waals surface area contributed by atoms with Crippen LogP contribution in [-0.2, 0) is 0 Å². The zero-order valence-corrected chi connectivity index (χ0v) is 5.65. The molecular formula is C5H11NS. The number of hydrogen-bond donors (Lipinski definition) is 1. The predicted octanol–water partition coefficient (Wildman–Crippen LogP) is 1.17. The number of hydrogen-bond acceptors (Lipinski definition) is 2. The van der Waals surface area contributed by atoms with Gasteiger partial charge in [0.15, 0.2) is 0 Å². The monoisotopic (exact) mass is 117 g/mol. The van der Waals surface area contributed by atoms with Crippen molar-refractivity contribution in [2.45, 2.75) is 19.4 Å². The molecule has 0 radical (unpaired) electrons. The second-order valence-corrected chi connectivity index (χ2v) is 2.98. The molecular weight excluding hydrogens is 106 g/mol. The van der Waals surface area contributed by atoms with Crippen molar-refractivity contribution in [3.8, 4) is 0 Å². The summed E-state index contributed by atoms with van der Waals surface area (Å²) < 4.78 is 1.99. The van der Waals surface area contributed by atoms with E-state index in [-0.39, 0.29) is 0 Å². The second kappa shape index (κ2) is 1.67. The Labute approximate surface area is 50.2 Å². The summed E-state index contributed by atoms with van der Waals surface area (Å²) in [6.45, 7) is 2.25. The summed E-state index contributed by atoms with van der Waals surface area (Å²) in [5.74, 6) is 0.891. The Morgan fingerprint density at radius 3 is 2.14 bits per heavy atom. The molecule has 0 aromatic rings. The van der Waals surface area contributed by atoms with Crippen LogP contribution >= 0.6 is 12.8 Å². The van der Waals surface area contributed by atoms with Crippen molar-refractivity contribution in [2.24, 2.45) is 5.92 Å². The molecule has 0 aromatic heterocycles. The maximum Gasteiger partial charge on any atom is 0.0226 e. The first kappa shape index (κ1) is 5.45. The van der Waals surface area contributed by atoms with Crippen LogP contribution in [-0.4, -0.2) is 17.4 Å². The van der Waals surface area contributed by atoms with Crippen molar-refractivity contribution in [3.05, 3.63) is 0 Å². The molecule has 0 saturated heterocycles. The van der Waals surface area contributed by atoms with Gasteiger partial charge in [-0.05, 0) is 19.4 Å². The van der Waals surface area contributed by atoms with Crippen molar-refractivity contribution >= 4 is 12.8 Å². The molecule has 1 aliphatic carbocycles. The van der Waals surface area contributed by atoms with E-state index in [0.717, 1.165) is 12.0 Å². The van der Waals surface area contributed by atoms with Gasteiger partial charge in [0.05, 0.1) is 0 Å². The third kappa shape index (κ3) is 1.10. The topological polar surface area (TPSA) is 3.24 Å². The summed E-state index contributed by atoms with van der Waals surface area (Å²) in [6.07, 6.45) is 1.33. The van der Waals surface area contributed by atoms with Crippen LogP contribution < -0.4 is 0 Å². The maximum absolute atomic E-state index is 4.15. The lowest BCUT2D eigenvalue weighted by atomic mass is 10.5. The first-order chi connectivity index (χ1) is 3.22. The normalized spacial score (nSPS) is 39.4. The van der Waals surface area contributed by atoms with E-state index in [9.17, 15) is 0 Å². The zero-order chi connectivity index (χ0) is 5.44. The van der Waals surface area contributed by atoms with Crippen molar-refractivity contribution in [2.75, 3.05) is 7.05 Å². The fourth-order valence-corrected chi connectivity index (χ4v) is 1.15. The number of nitrogens with zero attached hydrogens (tertiary/aromatic N) is 1. The molecule has 1 fully saturated rings. The van der Waals surface area contributed by atoms with Gasteiger partial charge in [-0.15, -0.1) is 0 Å². The van der Waals surface area contributed by atoms with Crippen LogP contribution in [0.1, 0.15) is 13.3 Å². The molecule has 0 aromatic carbocycles. The van der Waals surface area contributed by atoms with Crippen molar-refractivity contribution < 1.29 is 0 Å². The van der Waals surface area contributed by atoms with Gasteiger partial charge in [-0.25, -0.2) is 0 Å². The second-order valence-electron chi connectivity index (χ2n) is 2.35. The van der Waals surface area contributed by atoms with Gasteiger partial charge in [-0.1, -0.05) is 19.7 Å². The molecule has 1 nitrogen and oxygen atoms in total. The number of thiol groups is 1. The lowest BCUT2D eigenvalue weighted by Crippen LogP contribution is -2.08. The summed E-state index contributed by atoms with van der Waals surface area (Å²) in [5, 5.41) is 0. The smallest absolute Gasteiger partial charge is 0.0226 e. The highest BCUT2D eigenvalue weighted by Gasteiger charge is 2.34. The summed E-state index contributed by atoms with van der Waals surface area (Å²) in [4.78, 5) is 0. The minimum Gasteiger partial charge on any atom is -0.253 e. The van der Waals surface area contributed by atoms with Gasteiger partial charge in [0.2, 0.25) is 0 Å². The molecule has 7 heavy (non-hydrogen) atoms.